The van der Waals surface area contributed by atoms with Gasteiger partial charge in [-0.1, -0.05) is 0 Å². The molecule has 1 unspecified atom stereocenters. The van der Waals surface area contributed by atoms with Crippen molar-refractivity contribution < 1.29 is 17.9 Å². The Morgan fingerprint density at radius 2 is 2.05 bits per heavy atom. The molecule has 1 aromatic carbocycles. The van der Waals surface area contributed by atoms with Crippen LogP contribution in [0.5, 0.6) is 5.75 Å². The van der Waals surface area contributed by atoms with Gasteiger partial charge in [-0.25, -0.2) is 13.1 Å². The van der Waals surface area contributed by atoms with Gasteiger partial charge in [0.2, 0.25) is 10.0 Å². The first kappa shape index (κ1) is 17.2. The lowest BCUT2D eigenvalue weighted by atomic mass is 10.1. The van der Waals surface area contributed by atoms with Gasteiger partial charge in [0.05, 0.1) is 19.8 Å². The molecular formula is C15H24N2O4S. The van der Waals surface area contributed by atoms with Crippen molar-refractivity contribution in [3.63, 3.8) is 0 Å². The predicted molar refractivity (Wildman–Crippen MR) is 84.9 cm³/mol. The molecule has 124 valence electrons. The lowest BCUT2D eigenvalue weighted by Gasteiger charge is -2.30. The van der Waals surface area contributed by atoms with E-state index in [2.05, 4.69) is 9.62 Å². The first-order valence-corrected chi connectivity index (χ1v) is 8.77. The molecule has 1 heterocycles. The Balaban J connectivity index is 2.14. The Labute approximate surface area is 132 Å². The Bertz CT molecular complexity index is 631. The molecule has 22 heavy (non-hydrogen) atoms. The fraction of sp³-hybridized carbons (Fsp3) is 0.600. The van der Waals surface area contributed by atoms with Gasteiger partial charge in [-0.15, -0.1) is 0 Å². The van der Waals surface area contributed by atoms with Crippen LogP contribution in [-0.2, 0) is 14.8 Å². The van der Waals surface area contributed by atoms with Crippen LogP contribution in [0.25, 0.3) is 0 Å². The highest BCUT2D eigenvalue weighted by molar-refractivity contribution is 7.89. The maximum absolute atomic E-state index is 12.5. The van der Waals surface area contributed by atoms with E-state index in [1.165, 1.54) is 7.11 Å². The number of hydrogen-bond acceptors (Lipinski definition) is 5. The molecule has 0 saturated carbocycles. The number of nitrogens with one attached hydrogen (secondary N) is 1. The van der Waals surface area contributed by atoms with Crippen LogP contribution in [0.1, 0.15) is 11.1 Å². The second-order valence-electron chi connectivity index (χ2n) is 5.69. The summed E-state index contributed by atoms with van der Waals surface area (Å²) in [6, 6.07) is 3.39. The van der Waals surface area contributed by atoms with Crippen LogP contribution in [-0.4, -0.2) is 59.8 Å². The standard InChI is InChI=1S/C15H24N2O4S/c1-11-7-14(20-4)15(8-12(11)2)22(18,19)16-9-13-10-17(3)5-6-21-13/h7-8,13,16H,5-6,9-10H2,1-4H3. The molecular weight excluding hydrogens is 304 g/mol. The summed E-state index contributed by atoms with van der Waals surface area (Å²) in [5.41, 5.74) is 1.91. The molecule has 0 radical (unpaired) electrons. The average Bonchev–Trinajstić information content (AvgIpc) is 2.47. The number of rotatable bonds is 5. The molecule has 1 fully saturated rings. The van der Waals surface area contributed by atoms with Crippen LogP contribution >= 0.6 is 0 Å². The molecule has 1 atom stereocenters. The third-order valence-electron chi connectivity index (χ3n) is 3.91. The number of hydrogen-bond donors (Lipinski definition) is 1. The Kier molecular flexibility index (Phi) is 5.44. The van der Waals surface area contributed by atoms with Crippen LogP contribution in [0.2, 0.25) is 0 Å². The van der Waals surface area contributed by atoms with Crippen molar-refractivity contribution in [3.05, 3.63) is 23.3 Å². The molecule has 1 aliphatic heterocycles. The summed E-state index contributed by atoms with van der Waals surface area (Å²) in [5, 5.41) is 0. The minimum absolute atomic E-state index is 0.133. The van der Waals surface area contributed by atoms with Crippen molar-refractivity contribution in [1.29, 1.82) is 0 Å². The molecule has 0 bridgehead atoms. The topological polar surface area (TPSA) is 67.9 Å². The first-order chi connectivity index (χ1) is 10.3. The second kappa shape index (κ2) is 6.95. The zero-order valence-corrected chi connectivity index (χ0v) is 14.4. The largest absolute Gasteiger partial charge is 0.495 e. The predicted octanol–water partition coefficient (Wildman–Crippen LogP) is 0.921. The SMILES string of the molecule is COc1cc(C)c(C)cc1S(=O)(=O)NCC1CN(C)CCO1. The van der Waals surface area contributed by atoms with Gasteiger partial charge in [-0.2, -0.15) is 0 Å². The summed E-state index contributed by atoms with van der Waals surface area (Å²) in [6.07, 6.45) is -0.133. The van der Waals surface area contributed by atoms with Gasteiger partial charge in [0.15, 0.2) is 0 Å². The highest BCUT2D eigenvalue weighted by atomic mass is 32.2. The summed E-state index contributed by atoms with van der Waals surface area (Å²) in [6.45, 7) is 6.26. The normalized spacial score (nSPS) is 20.1. The molecule has 1 N–H and O–H groups in total. The number of aryl methyl sites for hydroxylation is 2. The van der Waals surface area contributed by atoms with E-state index in [0.29, 0.717) is 18.9 Å². The monoisotopic (exact) mass is 328 g/mol. The number of sulfonamides is 1. The molecule has 7 heteroatoms. The van der Waals surface area contributed by atoms with Gasteiger partial charge in [-0.3, -0.25) is 0 Å². The van der Waals surface area contributed by atoms with Gasteiger partial charge in [-0.05, 0) is 44.2 Å². The highest BCUT2D eigenvalue weighted by Gasteiger charge is 2.24. The van der Waals surface area contributed by atoms with Crippen molar-refractivity contribution in [2.24, 2.45) is 0 Å². The number of nitrogens with zero attached hydrogens (tertiary/aromatic N) is 1. The van der Waals surface area contributed by atoms with Crippen molar-refractivity contribution in [2.45, 2.75) is 24.8 Å². The molecule has 6 nitrogen and oxygen atoms in total. The van der Waals surface area contributed by atoms with Crippen LogP contribution < -0.4 is 9.46 Å². The van der Waals surface area contributed by atoms with E-state index in [9.17, 15) is 8.42 Å². The van der Waals surface area contributed by atoms with Crippen molar-refractivity contribution in [2.75, 3.05) is 40.4 Å². The maximum atomic E-state index is 12.5. The van der Waals surface area contributed by atoms with Gasteiger partial charge in [0, 0.05) is 19.6 Å². The molecule has 0 amide bonds. The van der Waals surface area contributed by atoms with E-state index < -0.39 is 10.0 Å². The minimum Gasteiger partial charge on any atom is -0.495 e. The number of ether oxygens (including phenoxy) is 2. The number of likely N-dealkylation sites (N-methyl/N-ethyl adjacent to an activating group) is 1. The van der Waals surface area contributed by atoms with E-state index in [1.807, 2.05) is 20.9 Å². The maximum Gasteiger partial charge on any atom is 0.244 e. The van der Waals surface area contributed by atoms with Crippen molar-refractivity contribution >= 4 is 10.0 Å². The summed E-state index contributed by atoms with van der Waals surface area (Å²) in [7, 11) is -0.162. The minimum atomic E-state index is -3.63. The van der Waals surface area contributed by atoms with Gasteiger partial charge >= 0.3 is 0 Å². The molecule has 1 aliphatic rings. The third-order valence-corrected chi connectivity index (χ3v) is 5.36. The Morgan fingerprint density at radius 1 is 1.36 bits per heavy atom. The zero-order valence-electron chi connectivity index (χ0n) is 13.5. The highest BCUT2D eigenvalue weighted by Crippen LogP contribution is 2.27. The quantitative estimate of drug-likeness (QED) is 0.870. The Hall–Kier alpha value is -1.15. The number of morpholine rings is 1. The van der Waals surface area contributed by atoms with Gasteiger partial charge < -0.3 is 14.4 Å². The first-order valence-electron chi connectivity index (χ1n) is 7.28. The summed E-state index contributed by atoms with van der Waals surface area (Å²) >= 11 is 0. The van der Waals surface area contributed by atoms with Crippen LogP contribution in [0.15, 0.2) is 17.0 Å². The molecule has 0 aromatic heterocycles. The van der Waals surface area contributed by atoms with E-state index in [0.717, 1.165) is 17.7 Å². The van der Waals surface area contributed by atoms with Crippen LogP contribution in [0.4, 0.5) is 0 Å². The van der Waals surface area contributed by atoms with E-state index in [4.69, 9.17) is 9.47 Å². The van der Waals surface area contributed by atoms with E-state index in [1.54, 1.807) is 12.1 Å². The summed E-state index contributed by atoms with van der Waals surface area (Å²) in [5.74, 6) is 0.359. The van der Waals surface area contributed by atoms with Crippen molar-refractivity contribution in [3.8, 4) is 5.75 Å². The molecule has 0 aliphatic carbocycles. The lowest BCUT2D eigenvalue weighted by Crippen LogP contribution is -2.45. The van der Waals surface area contributed by atoms with E-state index >= 15 is 0 Å². The van der Waals surface area contributed by atoms with Crippen LogP contribution in [0, 0.1) is 13.8 Å². The zero-order chi connectivity index (χ0) is 16.3. The van der Waals surface area contributed by atoms with Crippen LogP contribution in [0.3, 0.4) is 0 Å². The second-order valence-corrected chi connectivity index (χ2v) is 7.43. The number of methoxy groups -OCH3 is 1. The fourth-order valence-corrected chi connectivity index (χ4v) is 3.70. The summed E-state index contributed by atoms with van der Waals surface area (Å²) < 4.78 is 38.5. The number of benzene rings is 1. The summed E-state index contributed by atoms with van der Waals surface area (Å²) in [4.78, 5) is 2.29. The molecule has 0 spiro atoms. The van der Waals surface area contributed by atoms with Gasteiger partial charge in [0.25, 0.3) is 0 Å². The smallest absolute Gasteiger partial charge is 0.244 e. The Morgan fingerprint density at radius 3 is 2.68 bits per heavy atom. The van der Waals surface area contributed by atoms with E-state index in [-0.39, 0.29) is 17.5 Å². The fourth-order valence-electron chi connectivity index (χ4n) is 2.40. The lowest BCUT2D eigenvalue weighted by molar-refractivity contribution is -0.0156. The molecule has 1 aromatic rings. The van der Waals surface area contributed by atoms with Gasteiger partial charge in [0.1, 0.15) is 10.6 Å². The molecule has 1 saturated heterocycles. The average molecular weight is 328 g/mol. The molecule has 2 rings (SSSR count). The van der Waals surface area contributed by atoms with Crippen molar-refractivity contribution in [1.82, 2.24) is 9.62 Å². The third kappa shape index (κ3) is 3.98.